The number of Topliss-reactive ketones (excluding diaryl/α,β-unsaturated/α-hetero) is 1. The Kier molecular flexibility index (Phi) is 3.89. The zero-order valence-corrected chi connectivity index (χ0v) is 7.84. The van der Waals surface area contributed by atoms with Crippen LogP contribution < -0.4 is 5.32 Å². The molecule has 1 aliphatic heterocycles. The maximum atomic E-state index is 11.4. The molecule has 1 unspecified atom stereocenters. The second-order valence-electron chi connectivity index (χ2n) is 3.19. The van der Waals surface area contributed by atoms with Crippen molar-refractivity contribution < 1.29 is 14.3 Å². The van der Waals surface area contributed by atoms with Crippen molar-refractivity contribution in [3.63, 3.8) is 0 Å². The lowest BCUT2D eigenvalue weighted by atomic mass is 10.1. The predicted molar refractivity (Wildman–Crippen MR) is 47.3 cm³/mol. The van der Waals surface area contributed by atoms with E-state index in [1.807, 2.05) is 0 Å². The monoisotopic (exact) mass is 185 g/mol. The van der Waals surface area contributed by atoms with Gasteiger partial charge in [0.1, 0.15) is 5.78 Å². The number of ether oxygens (including phenoxy) is 1. The molecule has 0 aromatic rings. The van der Waals surface area contributed by atoms with Gasteiger partial charge in [0.05, 0.1) is 19.6 Å². The fraction of sp³-hybridized carbons (Fsp3) is 0.778. The maximum absolute atomic E-state index is 11.4. The van der Waals surface area contributed by atoms with Crippen molar-refractivity contribution in [2.45, 2.75) is 31.7 Å². The summed E-state index contributed by atoms with van der Waals surface area (Å²) in [7, 11) is 1.33. The molecule has 13 heavy (non-hydrogen) atoms. The molecular formula is C9H15NO3. The number of carbonyl (C=O) groups excluding carboxylic acids is 2. The van der Waals surface area contributed by atoms with Gasteiger partial charge in [0.2, 0.25) is 0 Å². The molecule has 0 radical (unpaired) electrons. The lowest BCUT2D eigenvalue weighted by Gasteiger charge is -2.07. The van der Waals surface area contributed by atoms with Gasteiger partial charge >= 0.3 is 5.97 Å². The van der Waals surface area contributed by atoms with Crippen LogP contribution in [0.1, 0.15) is 25.7 Å². The number of ketones is 1. The summed E-state index contributed by atoms with van der Waals surface area (Å²) in [6.07, 6.45) is 2.45. The van der Waals surface area contributed by atoms with E-state index in [9.17, 15) is 9.59 Å². The Balaban J connectivity index is 2.20. The van der Waals surface area contributed by atoms with Crippen LogP contribution in [0.4, 0.5) is 0 Å². The normalized spacial score (nSPS) is 21.5. The molecule has 1 atom stereocenters. The zero-order valence-electron chi connectivity index (χ0n) is 7.84. The van der Waals surface area contributed by atoms with Crippen molar-refractivity contribution in [3.8, 4) is 0 Å². The first-order valence-corrected chi connectivity index (χ1v) is 4.57. The Labute approximate surface area is 77.6 Å². The molecule has 4 heteroatoms. The first-order valence-electron chi connectivity index (χ1n) is 4.57. The van der Waals surface area contributed by atoms with Crippen LogP contribution in [0.15, 0.2) is 0 Å². The van der Waals surface area contributed by atoms with Gasteiger partial charge in [-0.05, 0) is 19.4 Å². The van der Waals surface area contributed by atoms with Gasteiger partial charge in [-0.2, -0.15) is 0 Å². The Hall–Kier alpha value is -0.900. The standard InChI is InChI=1S/C9H15NO3/c1-13-9(12)5-4-8(11)7-3-2-6-10-7/h7,10H,2-6H2,1H3. The van der Waals surface area contributed by atoms with Crippen molar-refractivity contribution in [2.24, 2.45) is 0 Å². The highest BCUT2D eigenvalue weighted by molar-refractivity contribution is 5.87. The molecule has 0 aromatic carbocycles. The molecule has 0 amide bonds. The highest BCUT2D eigenvalue weighted by Gasteiger charge is 2.21. The SMILES string of the molecule is COC(=O)CCC(=O)C1CCCN1. The Bertz CT molecular complexity index is 197. The zero-order chi connectivity index (χ0) is 9.68. The van der Waals surface area contributed by atoms with Crippen molar-refractivity contribution in [3.05, 3.63) is 0 Å². The Morgan fingerprint density at radius 2 is 2.23 bits per heavy atom. The second-order valence-corrected chi connectivity index (χ2v) is 3.19. The van der Waals surface area contributed by atoms with Crippen molar-refractivity contribution in [1.82, 2.24) is 5.32 Å². The summed E-state index contributed by atoms with van der Waals surface area (Å²) in [5, 5.41) is 3.10. The molecule has 1 rings (SSSR count). The van der Waals surface area contributed by atoms with E-state index in [0.717, 1.165) is 19.4 Å². The topological polar surface area (TPSA) is 55.4 Å². The maximum Gasteiger partial charge on any atom is 0.305 e. The smallest absolute Gasteiger partial charge is 0.305 e. The summed E-state index contributed by atoms with van der Waals surface area (Å²) >= 11 is 0. The van der Waals surface area contributed by atoms with Gasteiger partial charge < -0.3 is 10.1 Å². The highest BCUT2D eigenvalue weighted by Crippen LogP contribution is 2.08. The van der Waals surface area contributed by atoms with E-state index in [1.54, 1.807) is 0 Å². The number of methoxy groups -OCH3 is 1. The number of nitrogens with one attached hydrogen (secondary N) is 1. The van der Waals surface area contributed by atoms with E-state index in [1.165, 1.54) is 7.11 Å². The predicted octanol–water partition coefficient (Wildman–Crippen LogP) is 0.261. The number of hydrogen-bond donors (Lipinski definition) is 1. The largest absolute Gasteiger partial charge is 0.469 e. The van der Waals surface area contributed by atoms with Crippen LogP contribution in [0.2, 0.25) is 0 Å². The Morgan fingerprint density at radius 1 is 1.46 bits per heavy atom. The van der Waals surface area contributed by atoms with E-state index in [2.05, 4.69) is 10.1 Å². The lowest BCUT2D eigenvalue weighted by molar-refractivity contribution is -0.142. The molecule has 0 spiro atoms. The molecule has 1 fully saturated rings. The van der Waals surface area contributed by atoms with Crippen LogP contribution in [-0.2, 0) is 14.3 Å². The molecule has 1 N–H and O–H groups in total. The van der Waals surface area contributed by atoms with Gasteiger partial charge in [0.15, 0.2) is 0 Å². The number of rotatable bonds is 4. The highest BCUT2D eigenvalue weighted by atomic mass is 16.5. The van der Waals surface area contributed by atoms with E-state index in [0.29, 0.717) is 6.42 Å². The first kappa shape index (κ1) is 10.2. The van der Waals surface area contributed by atoms with Crippen molar-refractivity contribution >= 4 is 11.8 Å². The fourth-order valence-corrected chi connectivity index (χ4v) is 1.46. The van der Waals surface area contributed by atoms with Crippen LogP contribution in [0.25, 0.3) is 0 Å². The van der Waals surface area contributed by atoms with Crippen molar-refractivity contribution in [2.75, 3.05) is 13.7 Å². The van der Waals surface area contributed by atoms with Crippen LogP contribution in [0, 0.1) is 0 Å². The van der Waals surface area contributed by atoms with Gasteiger partial charge in [-0.25, -0.2) is 0 Å². The first-order chi connectivity index (χ1) is 6.24. The van der Waals surface area contributed by atoms with Crippen LogP contribution in [0.3, 0.4) is 0 Å². The second kappa shape index (κ2) is 4.97. The molecule has 0 bridgehead atoms. The van der Waals surface area contributed by atoms with Crippen molar-refractivity contribution in [1.29, 1.82) is 0 Å². The number of esters is 1. The van der Waals surface area contributed by atoms with Gasteiger partial charge in [-0.15, -0.1) is 0 Å². The van der Waals surface area contributed by atoms with E-state index in [-0.39, 0.29) is 24.2 Å². The molecule has 1 aliphatic rings. The molecule has 1 heterocycles. The molecule has 74 valence electrons. The van der Waals surface area contributed by atoms with Crippen LogP contribution >= 0.6 is 0 Å². The molecule has 0 saturated carbocycles. The molecule has 0 aromatic heterocycles. The quantitative estimate of drug-likeness (QED) is 0.638. The summed E-state index contributed by atoms with van der Waals surface area (Å²) < 4.78 is 4.45. The number of carbonyl (C=O) groups is 2. The van der Waals surface area contributed by atoms with E-state index < -0.39 is 0 Å². The Morgan fingerprint density at radius 3 is 2.77 bits per heavy atom. The minimum absolute atomic E-state index is 0.0235. The molecule has 1 saturated heterocycles. The third-order valence-electron chi connectivity index (χ3n) is 2.25. The molecule has 4 nitrogen and oxygen atoms in total. The summed E-state index contributed by atoms with van der Waals surface area (Å²) in [6, 6.07) is -0.0235. The summed E-state index contributed by atoms with van der Waals surface area (Å²) in [5.74, 6) is -0.186. The van der Waals surface area contributed by atoms with Crippen LogP contribution in [-0.4, -0.2) is 31.4 Å². The van der Waals surface area contributed by atoms with E-state index >= 15 is 0 Å². The molecular weight excluding hydrogens is 170 g/mol. The van der Waals surface area contributed by atoms with Gasteiger partial charge in [0, 0.05) is 6.42 Å². The van der Waals surface area contributed by atoms with Crippen LogP contribution in [0.5, 0.6) is 0 Å². The lowest BCUT2D eigenvalue weighted by Crippen LogP contribution is -2.30. The van der Waals surface area contributed by atoms with Gasteiger partial charge in [-0.3, -0.25) is 9.59 Å². The average molecular weight is 185 g/mol. The summed E-state index contributed by atoms with van der Waals surface area (Å²) in [6.45, 7) is 0.911. The molecule has 0 aliphatic carbocycles. The van der Waals surface area contributed by atoms with Gasteiger partial charge in [-0.1, -0.05) is 0 Å². The fourth-order valence-electron chi connectivity index (χ4n) is 1.46. The third-order valence-corrected chi connectivity index (χ3v) is 2.25. The number of hydrogen-bond acceptors (Lipinski definition) is 4. The minimum atomic E-state index is -0.314. The van der Waals surface area contributed by atoms with E-state index in [4.69, 9.17) is 0 Å². The summed E-state index contributed by atoms with van der Waals surface area (Å²) in [4.78, 5) is 22.1. The minimum Gasteiger partial charge on any atom is -0.469 e. The summed E-state index contributed by atoms with van der Waals surface area (Å²) in [5.41, 5.74) is 0. The third kappa shape index (κ3) is 3.14. The average Bonchev–Trinajstić information content (AvgIpc) is 2.66. The van der Waals surface area contributed by atoms with Gasteiger partial charge in [0.25, 0.3) is 0 Å².